The number of pyridine rings is 2. The third-order valence-electron chi connectivity index (χ3n) is 7.48. The molecule has 6 rings (SSSR count). The maximum absolute atomic E-state index is 6.37. The van der Waals surface area contributed by atoms with E-state index < -0.39 is 0 Å². The highest BCUT2D eigenvalue weighted by molar-refractivity contribution is 8.03. The number of rotatable bonds is 3. The number of fused-ring (bicyclic) bond motifs is 3. The average Bonchev–Trinajstić information content (AvgIpc) is 3.21. The number of anilines is 1. The number of nitrogens with zero attached hydrogens (tertiary/aromatic N) is 6. The quantitative estimate of drug-likeness (QED) is 0.617. The van der Waals surface area contributed by atoms with Crippen LogP contribution in [-0.2, 0) is 12.8 Å². The summed E-state index contributed by atoms with van der Waals surface area (Å²) in [7, 11) is 2.00. The Morgan fingerprint density at radius 2 is 1.94 bits per heavy atom. The number of likely N-dealkylation sites (N-methyl/N-ethyl adjacent to an activating group) is 1. The highest BCUT2D eigenvalue weighted by atomic mass is 35.5. The third-order valence-corrected chi connectivity index (χ3v) is 9.09. The van der Waals surface area contributed by atoms with E-state index in [0.29, 0.717) is 16.3 Å². The second-order valence-electron chi connectivity index (χ2n) is 9.86. The monoisotopic (exact) mass is 517 g/mol. The van der Waals surface area contributed by atoms with Crippen molar-refractivity contribution in [2.75, 3.05) is 25.9 Å². The Kier molecular flexibility index (Phi) is 5.88. The number of aliphatic imine (C=N–C) groups is 2. The van der Waals surface area contributed by atoms with Gasteiger partial charge in [0, 0.05) is 48.8 Å². The normalized spacial score (nSPS) is 20.3. The van der Waals surface area contributed by atoms with Gasteiger partial charge in [0.05, 0.1) is 9.93 Å². The second-order valence-corrected chi connectivity index (χ2v) is 11.3. The predicted molar refractivity (Wildman–Crippen MR) is 147 cm³/mol. The fraction of sp³-hybridized carbons (Fsp3) is 0.333. The molecule has 184 valence electrons. The van der Waals surface area contributed by atoms with Crippen LogP contribution in [-0.4, -0.2) is 52.0 Å². The number of likely N-dealkylation sites (tertiary alicyclic amines) is 1. The number of halogens is 1. The van der Waals surface area contributed by atoms with Crippen molar-refractivity contribution in [3.05, 3.63) is 81.1 Å². The highest BCUT2D eigenvalue weighted by Crippen LogP contribution is 2.45. The second kappa shape index (κ2) is 9.09. The van der Waals surface area contributed by atoms with Gasteiger partial charge in [-0.3, -0.25) is 4.98 Å². The van der Waals surface area contributed by atoms with Crippen molar-refractivity contribution >= 4 is 41.2 Å². The maximum atomic E-state index is 6.37. The van der Waals surface area contributed by atoms with Crippen molar-refractivity contribution in [1.82, 2.24) is 19.8 Å². The number of piperidine rings is 1. The maximum Gasteiger partial charge on any atom is 0.147 e. The van der Waals surface area contributed by atoms with Gasteiger partial charge < -0.3 is 15.5 Å². The number of hydrogen-bond acceptors (Lipinski definition) is 8. The lowest BCUT2D eigenvalue weighted by molar-refractivity contribution is 0.135. The minimum atomic E-state index is 0.326. The lowest BCUT2D eigenvalue weighted by atomic mass is 9.76. The van der Waals surface area contributed by atoms with Gasteiger partial charge in [-0.05, 0) is 73.9 Å². The summed E-state index contributed by atoms with van der Waals surface area (Å²) in [6, 6.07) is 6.28. The SMILES string of the molecule is Cc1ccc2c(n1)CC1(CCN(C3=CC=NC4=C(Sc5ccnc(N)c5Cl)C=CC(=N3)N4C)CC1)C2. The summed E-state index contributed by atoms with van der Waals surface area (Å²) in [6.45, 7) is 4.06. The first-order valence-electron chi connectivity index (χ1n) is 12.2. The molecule has 7 nitrogen and oxygen atoms in total. The predicted octanol–water partition coefficient (Wildman–Crippen LogP) is 4.99. The Balaban J connectivity index is 1.20. The molecule has 0 radical (unpaired) electrons. The molecule has 2 N–H and O–H groups in total. The molecule has 9 heteroatoms. The van der Waals surface area contributed by atoms with Crippen molar-refractivity contribution in [1.29, 1.82) is 0 Å². The molecule has 4 aliphatic rings. The fourth-order valence-electron chi connectivity index (χ4n) is 5.44. The zero-order valence-corrected chi connectivity index (χ0v) is 22.0. The molecule has 1 spiro atoms. The smallest absolute Gasteiger partial charge is 0.147 e. The lowest BCUT2D eigenvalue weighted by Gasteiger charge is -2.40. The van der Waals surface area contributed by atoms with Crippen LogP contribution in [0.5, 0.6) is 0 Å². The van der Waals surface area contributed by atoms with Crippen LogP contribution >= 0.6 is 23.4 Å². The molecule has 1 fully saturated rings. The molecular weight excluding hydrogens is 490 g/mol. The van der Waals surface area contributed by atoms with E-state index >= 15 is 0 Å². The summed E-state index contributed by atoms with van der Waals surface area (Å²) >= 11 is 7.90. The highest BCUT2D eigenvalue weighted by Gasteiger charge is 2.41. The summed E-state index contributed by atoms with van der Waals surface area (Å²) in [5.74, 6) is 2.98. The van der Waals surface area contributed by atoms with Crippen LogP contribution in [0.2, 0.25) is 5.02 Å². The van der Waals surface area contributed by atoms with Gasteiger partial charge >= 0.3 is 0 Å². The van der Waals surface area contributed by atoms with Crippen LogP contribution in [0.1, 0.15) is 29.8 Å². The number of aromatic nitrogens is 2. The molecule has 2 aromatic rings. The molecular formula is C27H28ClN7S. The summed E-state index contributed by atoms with van der Waals surface area (Å²) < 4.78 is 0. The lowest BCUT2D eigenvalue weighted by Crippen LogP contribution is -2.40. The number of nitrogen functional groups attached to an aromatic ring is 1. The molecule has 1 saturated heterocycles. The van der Waals surface area contributed by atoms with Crippen molar-refractivity contribution in [2.24, 2.45) is 15.4 Å². The van der Waals surface area contributed by atoms with Gasteiger partial charge in [0.25, 0.3) is 0 Å². The number of hydrogen-bond donors (Lipinski definition) is 1. The van der Waals surface area contributed by atoms with E-state index in [0.717, 1.165) is 71.7 Å². The standard InChI is InChI=1S/C27H28ClN7S/c1-17-3-4-18-15-27(16-19(18)32-17)9-13-35(14-10-27)23-8-12-31-26-21(5-6-22(33-23)34(26)2)36-20-7-11-30-25(29)24(20)28/h3-8,11-12H,9-10,13-16H2,1-2H3,(H2,29,30). The first-order valence-corrected chi connectivity index (χ1v) is 13.4. The molecule has 3 aliphatic heterocycles. The van der Waals surface area contributed by atoms with Crippen molar-refractivity contribution in [3.63, 3.8) is 0 Å². The Morgan fingerprint density at radius 3 is 2.78 bits per heavy atom. The van der Waals surface area contributed by atoms with Gasteiger partial charge in [0.1, 0.15) is 23.3 Å². The van der Waals surface area contributed by atoms with E-state index in [1.807, 2.05) is 42.5 Å². The van der Waals surface area contributed by atoms with Gasteiger partial charge in [0.2, 0.25) is 0 Å². The Bertz CT molecular complexity index is 1380. The molecule has 36 heavy (non-hydrogen) atoms. The summed E-state index contributed by atoms with van der Waals surface area (Å²) in [5.41, 5.74) is 10.1. The number of nitrogens with two attached hydrogens (primary N) is 1. The minimum absolute atomic E-state index is 0.326. The molecule has 2 aromatic heterocycles. The van der Waals surface area contributed by atoms with Crippen LogP contribution < -0.4 is 5.73 Å². The van der Waals surface area contributed by atoms with Gasteiger partial charge in [0.15, 0.2) is 0 Å². The topological polar surface area (TPSA) is 83.0 Å². The van der Waals surface area contributed by atoms with Crippen LogP contribution in [0.25, 0.3) is 0 Å². The van der Waals surface area contributed by atoms with Gasteiger partial charge in [-0.25, -0.2) is 15.0 Å². The molecule has 0 atom stereocenters. The molecule has 0 aromatic carbocycles. The van der Waals surface area contributed by atoms with Crippen molar-refractivity contribution < 1.29 is 0 Å². The number of amidine groups is 1. The van der Waals surface area contributed by atoms with E-state index in [4.69, 9.17) is 32.3 Å². The van der Waals surface area contributed by atoms with E-state index in [9.17, 15) is 0 Å². The molecule has 2 bridgehead atoms. The fourth-order valence-corrected chi connectivity index (χ4v) is 6.64. The summed E-state index contributed by atoms with van der Waals surface area (Å²) in [6.07, 6.45) is 14.2. The summed E-state index contributed by atoms with van der Waals surface area (Å²) in [5, 5.41) is 0.460. The average molecular weight is 518 g/mol. The largest absolute Gasteiger partial charge is 0.382 e. The molecule has 0 unspecified atom stereocenters. The van der Waals surface area contributed by atoms with Gasteiger partial charge in [-0.15, -0.1) is 0 Å². The molecule has 0 saturated carbocycles. The van der Waals surface area contributed by atoms with Crippen molar-refractivity contribution in [3.8, 4) is 0 Å². The zero-order valence-electron chi connectivity index (χ0n) is 20.4. The minimum Gasteiger partial charge on any atom is -0.382 e. The van der Waals surface area contributed by atoms with E-state index in [-0.39, 0.29) is 0 Å². The summed E-state index contributed by atoms with van der Waals surface area (Å²) in [4.78, 5) is 24.9. The first-order chi connectivity index (χ1) is 17.4. The van der Waals surface area contributed by atoms with Crippen LogP contribution in [0.15, 0.2) is 74.1 Å². The Morgan fingerprint density at radius 1 is 1.11 bits per heavy atom. The molecule has 5 heterocycles. The van der Waals surface area contributed by atoms with Gasteiger partial charge in [-0.2, -0.15) is 0 Å². The molecule has 0 amide bonds. The zero-order chi connectivity index (χ0) is 24.9. The first kappa shape index (κ1) is 23.3. The van der Waals surface area contributed by atoms with Gasteiger partial charge in [-0.1, -0.05) is 29.4 Å². The van der Waals surface area contributed by atoms with Crippen LogP contribution in [0, 0.1) is 12.3 Å². The van der Waals surface area contributed by atoms with E-state index in [1.54, 1.807) is 6.20 Å². The molecule has 1 aliphatic carbocycles. The van der Waals surface area contributed by atoms with Crippen LogP contribution in [0.4, 0.5) is 5.82 Å². The Labute approximate surface area is 220 Å². The van der Waals surface area contributed by atoms with E-state index in [2.05, 4.69) is 28.9 Å². The number of aryl methyl sites for hydroxylation is 1. The van der Waals surface area contributed by atoms with Crippen molar-refractivity contribution in [2.45, 2.75) is 37.5 Å². The van der Waals surface area contributed by atoms with E-state index in [1.165, 1.54) is 23.0 Å². The third kappa shape index (κ3) is 4.22. The number of allylic oxidation sites excluding steroid dienone is 2. The number of thioether (sulfide) groups is 1. The van der Waals surface area contributed by atoms with Crippen LogP contribution in [0.3, 0.4) is 0 Å². The Hall–Kier alpha value is -3.10.